The third-order valence-corrected chi connectivity index (χ3v) is 8.76. The summed E-state index contributed by atoms with van der Waals surface area (Å²) < 4.78 is 0. The summed E-state index contributed by atoms with van der Waals surface area (Å²) in [6.07, 6.45) is 30.4. The fourth-order valence-corrected chi connectivity index (χ4v) is 6.49. The van der Waals surface area contributed by atoms with Crippen molar-refractivity contribution >= 4 is 0 Å². The van der Waals surface area contributed by atoms with Gasteiger partial charge in [-0.1, -0.05) is 110 Å². The lowest BCUT2D eigenvalue weighted by Gasteiger charge is -2.41. The maximum atomic E-state index is 9.93. The first-order valence-electron chi connectivity index (χ1n) is 14.1. The second kappa shape index (κ2) is 15.3. The quantitative estimate of drug-likeness (QED) is 0.244. The fourth-order valence-electron chi connectivity index (χ4n) is 6.49. The molecule has 0 heterocycles. The molecule has 2 aliphatic carbocycles. The zero-order valence-corrected chi connectivity index (χ0v) is 20.7. The second-order valence-electron chi connectivity index (χ2n) is 11.1. The molecule has 1 nitrogen and oxygen atoms in total. The molecule has 0 aliphatic heterocycles. The Balaban J connectivity index is 1.58. The lowest BCUT2D eigenvalue weighted by Crippen LogP contribution is -2.31. The van der Waals surface area contributed by atoms with Gasteiger partial charge in [0.2, 0.25) is 0 Å². The summed E-state index contributed by atoms with van der Waals surface area (Å²) >= 11 is 0. The normalized spacial score (nSPS) is 29.6. The van der Waals surface area contributed by atoms with E-state index in [1.165, 1.54) is 141 Å². The largest absolute Gasteiger partial charge is 0.198 e. The van der Waals surface area contributed by atoms with E-state index in [0.29, 0.717) is 0 Å². The minimum Gasteiger partial charge on any atom is -0.198 e. The highest BCUT2D eigenvalue weighted by Gasteiger charge is 2.38. The number of nitrogens with zero attached hydrogens (tertiary/aromatic N) is 1. The second-order valence-corrected chi connectivity index (χ2v) is 11.1. The smallest absolute Gasteiger partial charge is 0.0689 e. The van der Waals surface area contributed by atoms with Crippen molar-refractivity contribution in [3.05, 3.63) is 0 Å². The number of hydrogen-bond donors (Lipinski definition) is 0. The first-order valence-corrected chi connectivity index (χ1v) is 14.1. The molecule has 0 aromatic heterocycles. The summed E-state index contributed by atoms with van der Waals surface area (Å²) in [7, 11) is 0. The molecular formula is C29H53N. The number of rotatable bonds is 15. The van der Waals surface area contributed by atoms with E-state index in [-0.39, 0.29) is 5.41 Å². The van der Waals surface area contributed by atoms with Gasteiger partial charge in [0.15, 0.2) is 0 Å². The average Bonchev–Trinajstić information content (AvgIpc) is 2.79. The van der Waals surface area contributed by atoms with E-state index >= 15 is 0 Å². The molecule has 0 amide bonds. The van der Waals surface area contributed by atoms with Crippen LogP contribution in [-0.4, -0.2) is 0 Å². The van der Waals surface area contributed by atoms with Crippen LogP contribution in [0.3, 0.4) is 0 Å². The van der Waals surface area contributed by atoms with Crippen LogP contribution >= 0.6 is 0 Å². The van der Waals surface area contributed by atoms with E-state index in [4.69, 9.17) is 0 Å². The van der Waals surface area contributed by atoms with Crippen molar-refractivity contribution in [3.63, 3.8) is 0 Å². The zero-order valence-electron chi connectivity index (χ0n) is 20.7. The minimum absolute atomic E-state index is 0.0373. The maximum Gasteiger partial charge on any atom is 0.0689 e. The predicted molar refractivity (Wildman–Crippen MR) is 131 cm³/mol. The van der Waals surface area contributed by atoms with Crippen LogP contribution in [0.25, 0.3) is 0 Å². The predicted octanol–water partition coefficient (Wildman–Crippen LogP) is 9.99. The van der Waals surface area contributed by atoms with Crippen molar-refractivity contribution in [2.75, 3.05) is 0 Å². The van der Waals surface area contributed by atoms with Gasteiger partial charge in [-0.25, -0.2) is 0 Å². The standard InChI is InChI=1S/C29H53N/c1-3-5-7-9-10-12-14-22-29(25-30)23-20-28(21-24-29)27-18-16-26(17-19-27)15-13-11-8-6-4-2/h26-28H,3-24H2,1-2H3/t26?,27?,28-,29+. The van der Waals surface area contributed by atoms with Crippen LogP contribution in [-0.2, 0) is 0 Å². The molecule has 0 radical (unpaired) electrons. The molecule has 174 valence electrons. The molecule has 0 atom stereocenters. The maximum absolute atomic E-state index is 9.93. The molecule has 0 N–H and O–H groups in total. The van der Waals surface area contributed by atoms with E-state index in [9.17, 15) is 5.26 Å². The molecule has 0 bridgehead atoms. The third kappa shape index (κ3) is 9.32. The molecule has 0 aromatic rings. The van der Waals surface area contributed by atoms with Crippen LogP contribution in [0, 0.1) is 34.5 Å². The van der Waals surface area contributed by atoms with Crippen molar-refractivity contribution < 1.29 is 0 Å². The Morgan fingerprint density at radius 2 is 1.13 bits per heavy atom. The highest BCUT2D eigenvalue weighted by Crippen LogP contribution is 2.47. The lowest BCUT2D eigenvalue weighted by atomic mass is 9.63. The molecule has 2 aliphatic rings. The van der Waals surface area contributed by atoms with Gasteiger partial charge in [-0.15, -0.1) is 0 Å². The van der Waals surface area contributed by atoms with Crippen LogP contribution in [0.1, 0.15) is 155 Å². The monoisotopic (exact) mass is 415 g/mol. The molecule has 1 heteroatoms. The van der Waals surface area contributed by atoms with E-state index in [2.05, 4.69) is 19.9 Å². The highest BCUT2D eigenvalue weighted by atomic mass is 14.4. The Hall–Kier alpha value is -0.510. The van der Waals surface area contributed by atoms with Gasteiger partial charge in [-0.05, 0) is 62.7 Å². The van der Waals surface area contributed by atoms with Gasteiger partial charge in [-0.3, -0.25) is 0 Å². The summed E-state index contributed by atoms with van der Waals surface area (Å²) in [4.78, 5) is 0. The number of nitriles is 1. The summed E-state index contributed by atoms with van der Waals surface area (Å²) in [5.41, 5.74) is 0.0373. The van der Waals surface area contributed by atoms with E-state index in [0.717, 1.165) is 17.8 Å². The van der Waals surface area contributed by atoms with Crippen molar-refractivity contribution in [2.45, 2.75) is 155 Å². The van der Waals surface area contributed by atoms with Crippen LogP contribution in [0.15, 0.2) is 0 Å². The number of unbranched alkanes of at least 4 members (excludes halogenated alkanes) is 10. The van der Waals surface area contributed by atoms with E-state index in [1.54, 1.807) is 0 Å². The summed E-state index contributed by atoms with van der Waals surface area (Å²) in [6.45, 7) is 4.59. The lowest BCUT2D eigenvalue weighted by molar-refractivity contribution is 0.114. The van der Waals surface area contributed by atoms with E-state index in [1.807, 2.05) is 0 Å². The van der Waals surface area contributed by atoms with Gasteiger partial charge in [0, 0.05) is 0 Å². The molecule has 0 unspecified atom stereocenters. The van der Waals surface area contributed by atoms with E-state index < -0.39 is 0 Å². The highest BCUT2D eigenvalue weighted by molar-refractivity contribution is 5.02. The summed E-state index contributed by atoms with van der Waals surface area (Å²) in [6, 6.07) is 2.80. The Kier molecular flexibility index (Phi) is 13.1. The summed E-state index contributed by atoms with van der Waals surface area (Å²) in [5.74, 6) is 2.95. The summed E-state index contributed by atoms with van der Waals surface area (Å²) in [5, 5.41) is 9.93. The molecule has 0 saturated heterocycles. The topological polar surface area (TPSA) is 23.8 Å². The van der Waals surface area contributed by atoms with Gasteiger partial charge in [0.25, 0.3) is 0 Å². The molecule has 0 spiro atoms. The van der Waals surface area contributed by atoms with Crippen LogP contribution < -0.4 is 0 Å². The molecular weight excluding hydrogens is 362 g/mol. The van der Waals surface area contributed by atoms with Crippen LogP contribution in [0.5, 0.6) is 0 Å². The van der Waals surface area contributed by atoms with Gasteiger partial charge >= 0.3 is 0 Å². The molecule has 2 rings (SSSR count). The van der Waals surface area contributed by atoms with Crippen molar-refractivity contribution in [1.29, 1.82) is 5.26 Å². The average molecular weight is 416 g/mol. The van der Waals surface area contributed by atoms with Gasteiger partial charge in [-0.2, -0.15) is 5.26 Å². The van der Waals surface area contributed by atoms with Gasteiger partial charge < -0.3 is 0 Å². The molecule has 30 heavy (non-hydrogen) atoms. The first kappa shape index (κ1) is 25.7. The minimum atomic E-state index is 0.0373. The van der Waals surface area contributed by atoms with Crippen LogP contribution in [0.4, 0.5) is 0 Å². The third-order valence-electron chi connectivity index (χ3n) is 8.76. The number of hydrogen-bond acceptors (Lipinski definition) is 1. The van der Waals surface area contributed by atoms with Crippen molar-refractivity contribution in [2.24, 2.45) is 23.2 Å². The Labute approximate surface area is 189 Å². The zero-order chi connectivity index (χ0) is 21.5. The molecule has 2 saturated carbocycles. The van der Waals surface area contributed by atoms with Crippen LogP contribution in [0.2, 0.25) is 0 Å². The molecule has 2 fully saturated rings. The van der Waals surface area contributed by atoms with Crippen molar-refractivity contribution in [1.82, 2.24) is 0 Å². The van der Waals surface area contributed by atoms with Gasteiger partial charge in [0.05, 0.1) is 11.5 Å². The van der Waals surface area contributed by atoms with Gasteiger partial charge in [0.1, 0.15) is 0 Å². The fraction of sp³-hybridized carbons (Fsp3) is 0.966. The SMILES string of the molecule is CCCCCCCCC[C@]1(C#N)CC[C@@H](C2CCC(CCCCCCC)CC2)CC1. The Morgan fingerprint density at radius 1 is 0.633 bits per heavy atom. The Morgan fingerprint density at radius 3 is 1.70 bits per heavy atom. The Bertz CT molecular complexity index is 445. The first-order chi connectivity index (χ1) is 14.7. The van der Waals surface area contributed by atoms with Crippen molar-refractivity contribution in [3.8, 4) is 6.07 Å². The molecule has 0 aromatic carbocycles.